The normalized spacial score (nSPS) is 10.4. The number of hydrogen-bond donors (Lipinski definition) is 3. The van der Waals surface area contributed by atoms with Gasteiger partial charge in [-0.25, -0.2) is 5.84 Å². The maximum Gasteiger partial charge on any atom is 0.238 e. The molecule has 0 saturated heterocycles. The lowest BCUT2D eigenvalue weighted by Crippen LogP contribution is -2.35. The van der Waals surface area contributed by atoms with E-state index in [1.165, 1.54) is 0 Å². The van der Waals surface area contributed by atoms with Crippen LogP contribution in [0.25, 0.3) is 0 Å². The van der Waals surface area contributed by atoms with E-state index in [1.807, 2.05) is 36.1 Å². The van der Waals surface area contributed by atoms with E-state index in [2.05, 4.69) is 10.7 Å². The first-order valence-electron chi connectivity index (χ1n) is 6.59. The average molecular weight is 278 g/mol. The molecule has 20 heavy (non-hydrogen) atoms. The largest absolute Gasteiger partial charge is 0.358 e. The molecule has 1 aromatic carbocycles. The van der Waals surface area contributed by atoms with Crippen molar-refractivity contribution < 1.29 is 9.59 Å². The van der Waals surface area contributed by atoms with Crippen LogP contribution < -0.4 is 16.6 Å². The van der Waals surface area contributed by atoms with E-state index in [-0.39, 0.29) is 18.2 Å². The molecule has 0 bridgehead atoms. The number of likely N-dealkylation sites (N-methyl/N-ethyl adjacent to an activating group) is 2. The van der Waals surface area contributed by atoms with E-state index in [0.29, 0.717) is 13.1 Å². The quantitative estimate of drug-likeness (QED) is 0.366. The average Bonchev–Trinajstić information content (AvgIpc) is 2.48. The van der Waals surface area contributed by atoms with Crippen molar-refractivity contribution in [2.24, 2.45) is 5.84 Å². The molecular weight excluding hydrogens is 256 g/mol. The second-order valence-electron chi connectivity index (χ2n) is 4.54. The summed E-state index contributed by atoms with van der Waals surface area (Å²) in [7, 11) is 1.63. The number of benzene rings is 1. The zero-order valence-corrected chi connectivity index (χ0v) is 12.0. The van der Waals surface area contributed by atoms with Gasteiger partial charge in [0.1, 0.15) is 0 Å². The van der Waals surface area contributed by atoms with Crippen LogP contribution >= 0.6 is 0 Å². The van der Waals surface area contributed by atoms with Gasteiger partial charge in [0.25, 0.3) is 0 Å². The first kappa shape index (κ1) is 16.1. The minimum Gasteiger partial charge on any atom is -0.358 e. The molecule has 0 fully saturated rings. The molecule has 0 saturated carbocycles. The lowest BCUT2D eigenvalue weighted by atomic mass is 10.1. The summed E-state index contributed by atoms with van der Waals surface area (Å²) in [5, 5.41) is 2.62. The van der Waals surface area contributed by atoms with Crippen LogP contribution in [0.5, 0.6) is 0 Å². The van der Waals surface area contributed by atoms with Crippen molar-refractivity contribution in [3.05, 3.63) is 35.4 Å². The molecule has 0 spiro atoms. The molecule has 0 radical (unpaired) electrons. The molecule has 6 nitrogen and oxygen atoms in total. The summed E-state index contributed by atoms with van der Waals surface area (Å²) in [5.41, 5.74) is 4.12. The molecule has 0 atom stereocenters. The summed E-state index contributed by atoms with van der Waals surface area (Å²) in [6.45, 7) is 3.89. The minimum atomic E-state index is -0.215. The van der Waals surface area contributed by atoms with Crippen molar-refractivity contribution >= 4 is 11.8 Å². The molecule has 0 aliphatic rings. The Morgan fingerprint density at radius 2 is 1.75 bits per heavy atom. The van der Waals surface area contributed by atoms with Crippen LogP contribution in [-0.2, 0) is 22.6 Å². The number of nitrogens with zero attached hydrogens (tertiary/aromatic N) is 1. The molecule has 6 heteroatoms. The zero-order valence-electron chi connectivity index (χ0n) is 12.0. The van der Waals surface area contributed by atoms with Crippen LogP contribution in [-0.4, -0.2) is 36.9 Å². The minimum absolute atomic E-state index is 0.00286. The summed E-state index contributed by atoms with van der Waals surface area (Å²) < 4.78 is 0. The topological polar surface area (TPSA) is 87.5 Å². The van der Waals surface area contributed by atoms with Gasteiger partial charge >= 0.3 is 0 Å². The molecule has 0 aromatic heterocycles. The van der Waals surface area contributed by atoms with E-state index in [1.54, 1.807) is 7.05 Å². The van der Waals surface area contributed by atoms with Gasteiger partial charge < -0.3 is 5.32 Å². The third kappa shape index (κ3) is 5.38. The second-order valence-corrected chi connectivity index (χ2v) is 4.54. The third-order valence-electron chi connectivity index (χ3n) is 3.05. The highest BCUT2D eigenvalue weighted by Gasteiger charge is 2.08. The summed E-state index contributed by atoms with van der Waals surface area (Å²) in [4.78, 5) is 24.6. The monoisotopic (exact) mass is 278 g/mol. The number of hydrazine groups is 1. The fourth-order valence-corrected chi connectivity index (χ4v) is 1.82. The fourth-order valence-electron chi connectivity index (χ4n) is 1.82. The summed E-state index contributed by atoms with van der Waals surface area (Å²) in [6, 6.07) is 7.73. The Kier molecular flexibility index (Phi) is 6.69. The molecule has 0 unspecified atom stereocenters. The molecular formula is C14H22N4O2. The zero-order chi connectivity index (χ0) is 15.0. The molecule has 0 heterocycles. The van der Waals surface area contributed by atoms with E-state index >= 15 is 0 Å². The van der Waals surface area contributed by atoms with Crippen molar-refractivity contribution in [1.29, 1.82) is 0 Å². The number of nitrogens with two attached hydrogens (primary N) is 1. The van der Waals surface area contributed by atoms with Crippen molar-refractivity contribution in [3.63, 3.8) is 0 Å². The summed E-state index contributed by atoms with van der Waals surface area (Å²) in [6.07, 6.45) is 0.270. The Morgan fingerprint density at radius 3 is 2.25 bits per heavy atom. The lowest BCUT2D eigenvalue weighted by Gasteiger charge is -2.19. The van der Waals surface area contributed by atoms with Crippen LogP contribution in [0, 0.1) is 0 Å². The first-order valence-corrected chi connectivity index (χ1v) is 6.59. The molecule has 0 aliphatic heterocycles. The Labute approximate surface area is 119 Å². The van der Waals surface area contributed by atoms with E-state index in [0.717, 1.165) is 17.7 Å². The summed E-state index contributed by atoms with van der Waals surface area (Å²) in [5.74, 6) is 4.84. The Morgan fingerprint density at radius 1 is 1.15 bits per heavy atom. The van der Waals surface area contributed by atoms with Gasteiger partial charge in [0.2, 0.25) is 11.8 Å². The van der Waals surface area contributed by atoms with Gasteiger partial charge in [0.05, 0.1) is 13.0 Å². The fraction of sp³-hybridized carbons (Fsp3) is 0.429. The van der Waals surface area contributed by atoms with E-state index in [9.17, 15) is 9.59 Å². The van der Waals surface area contributed by atoms with Crippen molar-refractivity contribution in [3.8, 4) is 0 Å². The molecule has 4 N–H and O–H groups in total. The van der Waals surface area contributed by atoms with Crippen LogP contribution in [0.3, 0.4) is 0 Å². The Balaban J connectivity index is 2.59. The van der Waals surface area contributed by atoms with Gasteiger partial charge in [-0.15, -0.1) is 0 Å². The number of carbonyl (C=O) groups is 2. The highest BCUT2D eigenvalue weighted by molar-refractivity contribution is 5.78. The summed E-state index contributed by atoms with van der Waals surface area (Å²) >= 11 is 0. The van der Waals surface area contributed by atoms with Gasteiger partial charge in [-0.3, -0.25) is 19.9 Å². The highest BCUT2D eigenvalue weighted by Crippen LogP contribution is 2.08. The number of carbonyl (C=O) groups excluding carboxylic acids is 2. The van der Waals surface area contributed by atoms with Crippen LogP contribution in [0.2, 0.25) is 0 Å². The molecule has 1 aromatic rings. The number of rotatable bonds is 7. The predicted octanol–water partition coefficient (Wildman–Crippen LogP) is -0.213. The van der Waals surface area contributed by atoms with Crippen LogP contribution in [0.4, 0.5) is 0 Å². The van der Waals surface area contributed by atoms with Crippen molar-refractivity contribution in [1.82, 2.24) is 15.6 Å². The van der Waals surface area contributed by atoms with Gasteiger partial charge in [-0.05, 0) is 17.7 Å². The standard InChI is InChI=1S/C14H22N4O2/c1-3-18(10-14(20)16-2)9-12-6-4-11(5-7-12)8-13(19)17-15/h4-7H,3,8-10,15H2,1-2H3,(H,16,20)(H,17,19). The van der Waals surface area contributed by atoms with Gasteiger partial charge in [-0.2, -0.15) is 0 Å². The number of amides is 2. The highest BCUT2D eigenvalue weighted by atomic mass is 16.2. The molecule has 2 amide bonds. The number of nitrogens with one attached hydrogen (secondary N) is 2. The van der Waals surface area contributed by atoms with Crippen LogP contribution in [0.1, 0.15) is 18.1 Å². The van der Waals surface area contributed by atoms with Crippen molar-refractivity contribution in [2.75, 3.05) is 20.1 Å². The lowest BCUT2D eigenvalue weighted by molar-refractivity contribution is -0.122. The third-order valence-corrected chi connectivity index (χ3v) is 3.05. The molecule has 1 rings (SSSR count). The van der Waals surface area contributed by atoms with Gasteiger partial charge in [0, 0.05) is 13.6 Å². The van der Waals surface area contributed by atoms with E-state index in [4.69, 9.17) is 5.84 Å². The predicted molar refractivity (Wildman–Crippen MR) is 77.5 cm³/mol. The van der Waals surface area contributed by atoms with Crippen LogP contribution in [0.15, 0.2) is 24.3 Å². The van der Waals surface area contributed by atoms with Gasteiger partial charge in [0.15, 0.2) is 0 Å². The smallest absolute Gasteiger partial charge is 0.238 e. The Bertz CT molecular complexity index is 445. The maximum atomic E-state index is 11.4. The second kappa shape index (κ2) is 8.29. The van der Waals surface area contributed by atoms with Gasteiger partial charge in [-0.1, -0.05) is 31.2 Å². The first-order chi connectivity index (χ1) is 9.58. The molecule has 0 aliphatic carbocycles. The molecule has 110 valence electrons. The number of hydrogen-bond acceptors (Lipinski definition) is 4. The van der Waals surface area contributed by atoms with Crippen molar-refractivity contribution in [2.45, 2.75) is 19.9 Å². The van der Waals surface area contributed by atoms with E-state index < -0.39 is 0 Å². The Hall–Kier alpha value is -1.92. The maximum absolute atomic E-state index is 11.4. The SMILES string of the molecule is CCN(CC(=O)NC)Cc1ccc(CC(=O)NN)cc1.